The molecule has 25 heavy (non-hydrogen) atoms. The summed E-state index contributed by atoms with van der Waals surface area (Å²) in [5.41, 5.74) is 0.154. The molecule has 0 saturated heterocycles. The van der Waals surface area contributed by atoms with Crippen LogP contribution in [0, 0.1) is 11.6 Å². The summed E-state index contributed by atoms with van der Waals surface area (Å²) in [7, 11) is 0. The quantitative estimate of drug-likeness (QED) is 0.676. The normalized spacial score (nSPS) is 11.0. The summed E-state index contributed by atoms with van der Waals surface area (Å²) in [5, 5.41) is 2.82. The van der Waals surface area contributed by atoms with E-state index in [0.717, 1.165) is 23.9 Å². The number of aryl methyl sites for hydroxylation is 1. The fourth-order valence-corrected chi connectivity index (χ4v) is 3.09. The average Bonchev–Trinajstić information content (AvgIpc) is 2.94. The Balaban J connectivity index is 1.75. The third-order valence-corrected chi connectivity index (χ3v) is 4.33. The van der Waals surface area contributed by atoms with Gasteiger partial charge in [-0.3, -0.25) is 9.59 Å². The first-order valence-corrected chi connectivity index (χ1v) is 8.29. The summed E-state index contributed by atoms with van der Waals surface area (Å²) in [6.07, 6.45) is 1.29. The van der Waals surface area contributed by atoms with Crippen LogP contribution >= 0.6 is 11.8 Å². The van der Waals surface area contributed by atoms with Gasteiger partial charge in [0.25, 0.3) is 5.56 Å². The van der Waals surface area contributed by atoms with Crippen molar-refractivity contribution in [3.63, 3.8) is 0 Å². The summed E-state index contributed by atoms with van der Waals surface area (Å²) < 4.78 is 28.1. The maximum absolute atomic E-state index is 13.6. The zero-order chi connectivity index (χ0) is 18.0. The number of hydrogen-bond acceptors (Lipinski definition) is 5. The zero-order valence-corrected chi connectivity index (χ0v) is 13.9. The predicted molar refractivity (Wildman–Crippen MR) is 89.5 cm³/mol. The molecule has 10 heteroatoms. The van der Waals surface area contributed by atoms with Gasteiger partial charge in [0.2, 0.25) is 5.91 Å². The van der Waals surface area contributed by atoms with Gasteiger partial charge in [-0.25, -0.2) is 18.7 Å². The number of nitrogens with zero attached hydrogens (tertiary/aromatic N) is 3. The van der Waals surface area contributed by atoms with Crippen molar-refractivity contribution in [3.05, 3.63) is 46.5 Å². The lowest BCUT2D eigenvalue weighted by atomic mass is 10.3. The molecule has 0 saturated carbocycles. The summed E-state index contributed by atoms with van der Waals surface area (Å²) >= 11 is 1.09. The molecule has 3 aromatic rings. The fourth-order valence-electron chi connectivity index (χ4n) is 2.23. The number of H-pyrrole nitrogens is 1. The largest absolute Gasteiger partial charge is 0.323 e. The minimum Gasteiger partial charge on any atom is -0.323 e. The van der Waals surface area contributed by atoms with Crippen molar-refractivity contribution < 1.29 is 13.6 Å². The number of halogens is 2. The lowest BCUT2D eigenvalue weighted by molar-refractivity contribution is -0.113. The lowest BCUT2D eigenvalue weighted by Gasteiger charge is -2.07. The van der Waals surface area contributed by atoms with Crippen LogP contribution in [0.2, 0.25) is 0 Å². The second kappa shape index (κ2) is 7.01. The molecule has 0 atom stereocenters. The number of carbonyl (C=O) groups is 1. The molecule has 2 aromatic heterocycles. The first-order chi connectivity index (χ1) is 12.0. The van der Waals surface area contributed by atoms with E-state index in [4.69, 9.17) is 0 Å². The Bertz CT molecular complexity index is 1000. The SMILES string of the molecule is CCn1c(SCC(=O)Nc2ccc(F)cc2F)nc2c(=O)[nH]cnc21. The smallest absolute Gasteiger partial charge is 0.278 e. The van der Waals surface area contributed by atoms with Crippen LogP contribution in [0.1, 0.15) is 6.92 Å². The molecule has 1 aromatic carbocycles. The van der Waals surface area contributed by atoms with Crippen molar-refractivity contribution in [2.45, 2.75) is 18.6 Å². The molecule has 0 unspecified atom stereocenters. The van der Waals surface area contributed by atoms with Crippen LogP contribution in [0.25, 0.3) is 11.2 Å². The van der Waals surface area contributed by atoms with E-state index < -0.39 is 17.5 Å². The van der Waals surface area contributed by atoms with E-state index >= 15 is 0 Å². The first kappa shape index (κ1) is 17.1. The average molecular weight is 365 g/mol. The summed E-state index contributed by atoms with van der Waals surface area (Å²) in [5.74, 6) is -2.11. The topological polar surface area (TPSA) is 92.7 Å². The zero-order valence-electron chi connectivity index (χ0n) is 13.0. The number of benzene rings is 1. The van der Waals surface area contributed by atoms with E-state index in [0.29, 0.717) is 23.4 Å². The van der Waals surface area contributed by atoms with Gasteiger partial charge in [0, 0.05) is 12.6 Å². The highest BCUT2D eigenvalue weighted by atomic mass is 32.2. The number of nitrogens with one attached hydrogen (secondary N) is 2. The van der Waals surface area contributed by atoms with Crippen molar-refractivity contribution in [3.8, 4) is 0 Å². The third-order valence-electron chi connectivity index (χ3n) is 3.36. The lowest BCUT2D eigenvalue weighted by Crippen LogP contribution is -2.15. The summed E-state index contributed by atoms with van der Waals surface area (Å²) in [6, 6.07) is 2.90. The fraction of sp³-hybridized carbons (Fsp3) is 0.200. The predicted octanol–water partition coefficient (Wildman–Crippen LogP) is 2.15. The molecule has 0 radical (unpaired) electrons. The Morgan fingerprint density at radius 2 is 2.20 bits per heavy atom. The Kier molecular flexibility index (Phi) is 4.79. The number of rotatable bonds is 5. The monoisotopic (exact) mass is 365 g/mol. The van der Waals surface area contributed by atoms with Gasteiger partial charge in [-0.2, -0.15) is 0 Å². The van der Waals surface area contributed by atoms with Crippen molar-refractivity contribution in [1.29, 1.82) is 0 Å². The molecule has 7 nitrogen and oxygen atoms in total. The Morgan fingerprint density at radius 3 is 2.92 bits per heavy atom. The number of carbonyl (C=O) groups excluding carboxylic acids is 1. The number of aromatic amines is 1. The number of amides is 1. The van der Waals surface area contributed by atoms with E-state index in [1.807, 2.05) is 6.92 Å². The highest BCUT2D eigenvalue weighted by Gasteiger charge is 2.15. The van der Waals surface area contributed by atoms with Gasteiger partial charge >= 0.3 is 0 Å². The standard InChI is InChI=1S/C15H13F2N5O2S/c1-2-22-13-12(14(24)19-7-18-13)21-15(22)25-6-11(23)20-10-4-3-8(16)5-9(10)17/h3-5,7H,2,6H2,1H3,(H,20,23)(H,18,19,24). The van der Waals surface area contributed by atoms with Gasteiger partial charge < -0.3 is 14.9 Å². The van der Waals surface area contributed by atoms with Gasteiger partial charge in [-0.05, 0) is 19.1 Å². The van der Waals surface area contributed by atoms with Gasteiger partial charge in [0.1, 0.15) is 11.6 Å². The summed E-state index contributed by atoms with van der Waals surface area (Å²) in [6.45, 7) is 2.38. The van der Waals surface area contributed by atoms with Crippen molar-refractivity contribution in [1.82, 2.24) is 19.5 Å². The Labute approximate surface area is 144 Å². The molecular weight excluding hydrogens is 352 g/mol. The number of anilines is 1. The van der Waals surface area contributed by atoms with E-state index in [9.17, 15) is 18.4 Å². The van der Waals surface area contributed by atoms with Crippen LogP contribution in [0.4, 0.5) is 14.5 Å². The van der Waals surface area contributed by atoms with Gasteiger partial charge in [-0.15, -0.1) is 0 Å². The van der Waals surface area contributed by atoms with Crippen LogP contribution in [-0.2, 0) is 11.3 Å². The number of aromatic nitrogens is 4. The molecule has 0 aliphatic carbocycles. The number of hydrogen-bond donors (Lipinski definition) is 2. The van der Waals surface area contributed by atoms with Crippen LogP contribution in [0.3, 0.4) is 0 Å². The molecular formula is C15H13F2N5O2S. The Hall–Kier alpha value is -2.75. The molecule has 130 valence electrons. The van der Waals surface area contributed by atoms with Crippen LogP contribution in [-0.4, -0.2) is 31.2 Å². The first-order valence-electron chi connectivity index (χ1n) is 7.31. The Morgan fingerprint density at radius 1 is 1.40 bits per heavy atom. The number of thioether (sulfide) groups is 1. The van der Waals surface area contributed by atoms with Gasteiger partial charge in [0.15, 0.2) is 16.3 Å². The van der Waals surface area contributed by atoms with Crippen LogP contribution in [0.5, 0.6) is 0 Å². The molecule has 3 rings (SSSR count). The summed E-state index contributed by atoms with van der Waals surface area (Å²) in [4.78, 5) is 34.5. The van der Waals surface area contributed by atoms with Crippen LogP contribution in [0.15, 0.2) is 34.5 Å². The molecule has 2 heterocycles. The minimum atomic E-state index is -0.852. The van der Waals surface area contributed by atoms with E-state index in [1.165, 1.54) is 6.33 Å². The molecule has 0 aliphatic heterocycles. The highest BCUT2D eigenvalue weighted by molar-refractivity contribution is 7.99. The molecule has 0 aliphatic rings. The third kappa shape index (κ3) is 3.53. The molecule has 2 N–H and O–H groups in total. The van der Waals surface area contributed by atoms with Crippen molar-refractivity contribution in [2.75, 3.05) is 11.1 Å². The number of fused-ring (bicyclic) bond motifs is 1. The second-order valence-corrected chi connectivity index (χ2v) is 5.95. The van der Waals surface area contributed by atoms with Crippen LogP contribution < -0.4 is 10.9 Å². The van der Waals surface area contributed by atoms with Crippen molar-refractivity contribution in [2.24, 2.45) is 0 Å². The van der Waals surface area contributed by atoms with Crippen molar-refractivity contribution >= 4 is 34.5 Å². The minimum absolute atomic E-state index is 0.0575. The number of imidazole rings is 1. The molecule has 0 bridgehead atoms. The van der Waals surface area contributed by atoms with Gasteiger partial charge in [0.05, 0.1) is 17.8 Å². The maximum atomic E-state index is 13.6. The van der Waals surface area contributed by atoms with E-state index in [2.05, 4.69) is 20.3 Å². The molecule has 0 fully saturated rings. The van der Waals surface area contributed by atoms with Gasteiger partial charge in [-0.1, -0.05) is 11.8 Å². The molecule has 0 spiro atoms. The second-order valence-electron chi connectivity index (χ2n) is 5.00. The molecule has 1 amide bonds. The van der Waals surface area contributed by atoms with E-state index in [1.54, 1.807) is 4.57 Å². The van der Waals surface area contributed by atoms with E-state index in [-0.39, 0.29) is 22.5 Å². The maximum Gasteiger partial charge on any atom is 0.278 e. The highest BCUT2D eigenvalue weighted by Crippen LogP contribution is 2.22.